The summed E-state index contributed by atoms with van der Waals surface area (Å²) in [6.07, 6.45) is 2.30. The lowest BCUT2D eigenvalue weighted by atomic mass is 10.2. The van der Waals surface area contributed by atoms with E-state index in [2.05, 4.69) is 10.3 Å². The van der Waals surface area contributed by atoms with E-state index in [1.165, 1.54) is 0 Å². The average Bonchev–Trinajstić information content (AvgIpc) is 2.61. The second-order valence-corrected chi connectivity index (χ2v) is 4.28. The molecule has 1 heterocycles. The van der Waals surface area contributed by atoms with Gasteiger partial charge in [-0.15, -0.1) is 0 Å². The second kappa shape index (κ2) is 6.72. The molecule has 1 aromatic rings. The van der Waals surface area contributed by atoms with Crippen LogP contribution in [0.15, 0.2) is 0 Å². The fourth-order valence-corrected chi connectivity index (χ4v) is 1.70. The average molecular weight is 270 g/mol. The molecular weight excluding hydrogens is 252 g/mol. The molecule has 106 valence electrons. The summed E-state index contributed by atoms with van der Waals surface area (Å²) in [5.41, 5.74) is 0. The van der Waals surface area contributed by atoms with Crippen molar-refractivity contribution in [1.29, 1.82) is 0 Å². The van der Waals surface area contributed by atoms with Crippen molar-refractivity contribution in [2.45, 2.75) is 32.6 Å². The monoisotopic (exact) mass is 270 g/mol. The molecule has 0 unspecified atom stereocenters. The lowest BCUT2D eigenvalue weighted by molar-refractivity contribution is -0.388. The minimum Gasteiger partial charge on any atom is -0.481 e. The van der Waals surface area contributed by atoms with Gasteiger partial charge in [-0.25, -0.2) is 0 Å². The second-order valence-electron chi connectivity index (χ2n) is 4.28. The van der Waals surface area contributed by atoms with Crippen LogP contribution in [0, 0.1) is 17.0 Å². The number of rotatable bonds is 8. The number of carbonyl (C=O) groups is 1. The van der Waals surface area contributed by atoms with Gasteiger partial charge in [-0.2, -0.15) is 0 Å². The van der Waals surface area contributed by atoms with Crippen molar-refractivity contribution in [1.82, 2.24) is 9.55 Å². The largest absolute Gasteiger partial charge is 0.481 e. The van der Waals surface area contributed by atoms with Gasteiger partial charge in [0.25, 0.3) is 0 Å². The van der Waals surface area contributed by atoms with Crippen molar-refractivity contribution in [2.75, 3.05) is 11.9 Å². The Morgan fingerprint density at radius 2 is 2.16 bits per heavy atom. The minimum atomic E-state index is -0.800. The Bertz CT molecular complexity index is 470. The Morgan fingerprint density at radius 3 is 2.74 bits per heavy atom. The summed E-state index contributed by atoms with van der Waals surface area (Å²) in [7, 11) is 1.71. The summed E-state index contributed by atoms with van der Waals surface area (Å²) >= 11 is 0. The van der Waals surface area contributed by atoms with Crippen LogP contribution in [0.25, 0.3) is 0 Å². The number of anilines is 1. The molecule has 0 fully saturated rings. The van der Waals surface area contributed by atoms with Gasteiger partial charge in [0.05, 0.1) is 0 Å². The molecule has 0 aliphatic heterocycles. The molecule has 1 aromatic heterocycles. The first-order valence-corrected chi connectivity index (χ1v) is 6.07. The number of hydrogen-bond acceptors (Lipinski definition) is 5. The van der Waals surface area contributed by atoms with Crippen LogP contribution in [0.3, 0.4) is 0 Å². The summed E-state index contributed by atoms with van der Waals surface area (Å²) < 4.78 is 1.63. The Kier molecular flexibility index (Phi) is 5.28. The smallest absolute Gasteiger partial charge is 0.406 e. The number of aryl methyl sites for hydroxylation is 1. The van der Waals surface area contributed by atoms with Gasteiger partial charge in [0.1, 0.15) is 0 Å². The molecular formula is C11H18N4O4. The lowest BCUT2D eigenvalue weighted by Gasteiger charge is -2.06. The molecule has 0 aromatic carbocycles. The highest BCUT2D eigenvalue weighted by Gasteiger charge is 2.22. The molecule has 2 N–H and O–H groups in total. The van der Waals surface area contributed by atoms with Crippen LogP contribution in [0.4, 0.5) is 11.6 Å². The van der Waals surface area contributed by atoms with E-state index in [1.54, 1.807) is 18.5 Å². The molecule has 0 saturated carbocycles. The number of aliphatic carboxylic acids is 1. The Morgan fingerprint density at radius 1 is 1.47 bits per heavy atom. The molecule has 0 aliphatic carbocycles. The third kappa shape index (κ3) is 4.23. The summed E-state index contributed by atoms with van der Waals surface area (Å²) in [6, 6.07) is 0. The van der Waals surface area contributed by atoms with Gasteiger partial charge in [0, 0.05) is 26.9 Å². The Labute approximate surface area is 110 Å². The maximum atomic E-state index is 10.8. The fraction of sp³-hybridized carbons (Fsp3) is 0.636. The number of nitrogens with one attached hydrogen (secondary N) is 1. The predicted octanol–water partition coefficient (Wildman–Crippen LogP) is 1.69. The summed E-state index contributed by atoms with van der Waals surface area (Å²) in [5.74, 6) is -0.0165. The van der Waals surface area contributed by atoms with Crippen LogP contribution in [0.1, 0.15) is 31.5 Å². The topological polar surface area (TPSA) is 110 Å². The number of nitrogens with zero attached hydrogens (tertiary/aromatic N) is 3. The zero-order valence-electron chi connectivity index (χ0n) is 11.0. The van der Waals surface area contributed by atoms with Gasteiger partial charge in [0.2, 0.25) is 11.6 Å². The van der Waals surface area contributed by atoms with Gasteiger partial charge < -0.3 is 20.5 Å². The molecule has 8 nitrogen and oxygen atoms in total. The molecule has 1 rings (SSSR count). The van der Waals surface area contributed by atoms with E-state index in [1.807, 2.05) is 0 Å². The molecule has 8 heteroatoms. The van der Waals surface area contributed by atoms with E-state index in [0.717, 1.165) is 12.8 Å². The fourth-order valence-electron chi connectivity index (χ4n) is 1.70. The lowest BCUT2D eigenvalue weighted by Crippen LogP contribution is -2.08. The molecule has 19 heavy (non-hydrogen) atoms. The SMILES string of the molecule is Cc1nc([N+](=O)[O-])c(NCCCCCC(=O)O)n1C. The predicted molar refractivity (Wildman–Crippen MR) is 69.2 cm³/mol. The van der Waals surface area contributed by atoms with Crippen molar-refractivity contribution >= 4 is 17.6 Å². The van der Waals surface area contributed by atoms with Crippen molar-refractivity contribution in [2.24, 2.45) is 7.05 Å². The number of hydrogen-bond donors (Lipinski definition) is 2. The standard InChI is InChI=1S/C11H18N4O4/c1-8-13-11(15(18)19)10(14(8)2)12-7-5-3-4-6-9(16)17/h12H,3-7H2,1-2H3,(H,16,17). The third-order valence-electron chi connectivity index (χ3n) is 2.83. The van der Waals surface area contributed by atoms with Gasteiger partial charge in [-0.05, 0) is 22.7 Å². The van der Waals surface area contributed by atoms with E-state index in [4.69, 9.17) is 5.11 Å². The van der Waals surface area contributed by atoms with Crippen molar-refractivity contribution < 1.29 is 14.8 Å². The summed E-state index contributed by atoms with van der Waals surface area (Å²) in [6.45, 7) is 2.25. The first-order chi connectivity index (χ1) is 8.93. The van der Waals surface area contributed by atoms with Crippen LogP contribution in [0.5, 0.6) is 0 Å². The Balaban J connectivity index is 2.45. The zero-order valence-corrected chi connectivity index (χ0v) is 11.0. The minimum absolute atomic E-state index is 0.158. The van der Waals surface area contributed by atoms with E-state index < -0.39 is 10.9 Å². The van der Waals surface area contributed by atoms with E-state index in [0.29, 0.717) is 24.6 Å². The van der Waals surface area contributed by atoms with Crippen molar-refractivity contribution in [3.05, 3.63) is 15.9 Å². The maximum absolute atomic E-state index is 10.8. The molecule has 0 radical (unpaired) electrons. The van der Waals surface area contributed by atoms with Crippen molar-refractivity contribution in [3.8, 4) is 0 Å². The van der Waals surface area contributed by atoms with E-state index in [-0.39, 0.29) is 12.2 Å². The number of carboxylic acid groups (broad SMARTS) is 1. The van der Waals surface area contributed by atoms with Crippen molar-refractivity contribution in [3.63, 3.8) is 0 Å². The van der Waals surface area contributed by atoms with Crippen LogP contribution in [-0.4, -0.2) is 32.1 Å². The van der Waals surface area contributed by atoms with Crippen LogP contribution < -0.4 is 5.32 Å². The maximum Gasteiger partial charge on any atom is 0.406 e. The first-order valence-electron chi connectivity index (χ1n) is 6.07. The van der Waals surface area contributed by atoms with Gasteiger partial charge in [0.15, 0.2) is 0 Å². The molecule has 0 aliphatic rings. The number of imidazole rings is 1. The van der Waals surface area contributed by atoms with Crippen LogP contribution >= 0.6 is 0 Å². The number of nitro groups is 1. The highest BCUT2D eigenvalue weighted by molar-refractivity contribution is 5.66. The number of carboxylic acids is 1. The zero-order chi connectivity index (χ0) is 14.4. The summed E-state index contributed by atoms with van der Waals surface area (Å²) in [4.78, 5) is 24.5. The molecule has 0 bridgehead atoms. The highest BCUT2D eigenvalue weighted by Crippen LogP contribution is 2.23. The molecule has 0 spiro atoms. The number of unbranched alkanes of at least 4 members (excludes halogenated alkanes) is 2. The normalized spacial score (nSPS) is 10.4. The van der Waals surface area contributed by atoms with Gasteiger partial charge in [-0.3, -0.25) is 9.36 Å². The van der Waals surface area contributed by atoms with Crippen LogP contribution in [0.2, 0.25) is 0 Å². The highest BCUT2D eigenvalue weighted by atomic mass is 16.6. The van der Waals surface area contributed by atoms with Gasteiger partial charge in [-0.1, -0.05) is 6.42 Å². The quantitative estimate of drug-likeness (QED) is 0.422. The Hall–Kier alpha value is -2.12. The third-order valence-corrected chi connectivity index (χ3v) is 2.83. The number of aromatic nitrogens is 2. The summed E-state index contributed by atoms with van der Waals surface area (Å²) in [5, 5.41) is 22.3. The van der Waals surface area contributed by atoms with Crippen LogP contribution in [-0.2, 0) is 11.8 Å². The van der Waals surface area contributed by atoms with E-state index in [9.17, 15) is 14.9 Å². The molecule has 0 atom stereocenters. The van der Waals surface area contributed by atoms with Gasteiger partial charge >= 0.3 is 11.8 Å². The van der Waals surface area contributed by atoms with E-state index >= 15 is 0 Å². The first kappa shape index (κ1) is 14.9. The molecule has 0 saturated heterocycles. The molecule has 0 amide bonds.